The van der Waals surface area contributed by atoms with Crippen LogP contribution in [0.25, 0.3) is 0 Å². The summed E-state index contributed by atoms with van der Waals surface area (Å²) >= 11 is 0. The topological polar surface area (TPSA) is 38.3 Å². The lowest BCUT2D eigenvalue weighted by molar-refractivity contribution is -0.128. The molecular formula is C22H29NO2. The quantitative estimate of drug-likeness (QED) is 0.808. The molecule has 0 aromatic heterocycles. The first-order valence-corrected chi connectivity index (χ1v) is 8.93. The highest BCUT2D eigenvalue weighted by Crippen LogP contribution is 2.23. The van der Waals surface area contributed by atoms with Gasteiger partial charge in [-0.05, 0) is 63.8 Å². The molecule has 0 fully saturated rings. The summed E-state index contributed by atoms with van der Waals surface area (Å²) in [7, 11) is 0. The number of nitrogens with one attached hydrogen (secondary N) is 1. The van der Waals surface area contributed by atoms with Gasteiger partial charge >= 0.3 is 0 Å². The van der Waals surface area contributed by atoms with Crippen molar-refractivity contribution in [1.29, 1.82) is 0 Å². The molecule has 2 aromatic rings. The summed E-state index contributed by atoms with van der Waals surface area (Å²) in [6, 6.07) is 12.3. The van der Waals surface area contributed by atoms with E-state index < -0.39 is 6.10 Å². The molecule has 0 heterocycles. The zero-order valence-corrected chi connectivity index (χ0v) is 16.1. The summed E-state index contributed by atoms with van der Waals surface area (Å²) in [5, 5.41) is 3.13. The van der Waals surface area contributed by atoms with Gasteiger partial charge in [-0.1, -0.05) is 48.4 Å². The first kappa shape index (κ1) is 19.0. The highest BCUT2D eigenvalue weighted by atomic mass is 16.5. The maximum absolute atomic E-state index is 12.6. The van der Waals surface area contributed by atoms with Gasteiger partial charge in [0.1, 0.15) is 5.75 Å². The predicted molar refractivity (Wildman–Crippen MR) is 103 cm³/mol. The van der Waals surface area contributed by atoms with Crippen LogP contribution in [-0.4, -0.2) is 12.0 Å². The van der Waals surface area contributed by atoms with Gasteiger partial charge in [-0.3, -0.25) is 4.79 Å². The van der Waals surface area contributed by atoms with Gasteiger partial charge in [0, 0.05) is 0 Å². The van der Waals surface area contributed by atoms with Crippen molar-refractivity contribution in [1.82, 2.24) is 5.32 Å². The fraction of sp³-hybridized carbons (Fsp3) is 0.409. The lowest BCUT2D eigenvalue weighted by Crippen LogP contribution is -2.38. The first-order chi connectivity index (χ1) is 11.8. The number of rotatable bonds is 6. The third-order valence-corrected chi connectivity index (χ3v) is 4.53. The van der Waals surface area contributed by atoms with Crippen molar-refractivity contribution in [2.24, 2.45) is 0 Å². The highest BCUT2D eigenvalue weighted by molar-refractivity contribution is 5.81. The summed E-state index contributed by atoms with van der Waals surface area (Å²) in [5.41, 5.74) is 5.83. The van der Waals surface area contributed by atoms with Crippen LogP contribution in [0.1, 0.15) is 54.1 Å². The Labute approximate surface area is 151 Å². The van der Waals surface area contributed by atoms with Crippen LogP contribution in [0.4, 0.5) is 0 Å². The number of hydrogen-bond acceptors (Lipinski definition) is 2. The molecule has 1 N–H and O–H groups in total. The standard InChI is InChI=1S/C22H29NO2/c1-7-20(19-10-8-14(2)12-16(19)4)23-22(24)18(6)25-21-11-9-15(3)13-17(21)5/h8-13,18,20H,7H2,1-6H3,(H,23,24)/t18-,20-/m1/s1. The molecular weight excluding hydrogens is 310 g/mol. The minimum Gasteiger partial charge on any atom is -0.481 e. The van der Waals surface area contributed by atoms with Crippen LogP contribution < -0.4 is 10.1 Å². The molecule has 25 heavy (non-hydrogen) atoms. The van der Waals surface area contributed by atoms with Crippen LogP contribution in [0.15, 0.2) is 36.4 Å². The number of amides is 1. The monoisotopic (exact) mass is 339 g/mol. The Morgan fingerprint density at radius 2 is 1.60 bits per heavy atom. The lowest BCUT2D eigenvalue weighted by atomic mass is 9.97. The molecule has 0 aliphatic carbocycles. The van der Waals surface area contributed by atoms with E-state index in [1.54, 1.807) is 6.92 Å². The Kier molecular flexibility index (Phi) is 6.24. The molecule has 0 aliphatic rings. The predicted octanol–water partition coefficient (Wildman–Crippen LogP) is 4.96. The SMILES string of the molecule is CC[C@@H](NC(=O)[C@@H](C)Oc1ccc(C)cc1C)c1ccc(C)cc1C. The maximum Gasteiger partial charge on any atom is 0.261 e. The lowest BCUT2D eigenvalue weighted by Gasteiger charge is -2.23. The second kappa shape index (κ2) is 8.19. The molecule has 0 aliphatic heterocycles. The summed E-state index contributed by atoms with van der Waals surface area (Å²) in [6.07, 6.45) is 0.299. The number of carbonyl (C=O) groups excluding carboxylic acids is 1. The van der Waals surface area contributed by atoms with Gasteiger partial charge < -0.3 is 10.1 Å². The number of aryl methyl sites for hydroxylation is 4. The van der Waals surface area contributed by atoms with Crippen LogP contribution in [0, 0.1) is 27.7 Å². The van der Waals surface area contributed by atoms with Crippen molar-refractivity contribution >= 4 is 5.91 Å². The molecule has 2 aromatic carbocycles. The molecule has 0 unspecified atom stereocenters. The van der Waals surface area contributed by atoms with Gasteiger partial charge in [-0.25, -0.2) is 0 Å². The molecule has 0 bridgehead atoms. The van der Waals surface area contributed by atoms with E-state index in [0.29, 0.717) is 0 Å². The van der Waals surface area contributed by atoms with E-state index >= 15 is 0 Å². The van der Waals surface area contributed by atoms with Crippen molar-refractivity contribution in [2.45, 2.75) is 60.1 Å². The fourth-order valence-corrected chi connectivity index (χ4v) is 3.08. The second-order valence-electron chi connectivity index (χ2n) is 6.86. The minimum absolute atomic E-state index is 0.00161. The minimum atomic E-state index is -0.541. The third kappa shape index (κ3) is 4.85. The number of carbonyl (C=O) groups is 1. The van der Waals surface area contributed by atoms with Crippen LogP contribution >= 0.6 is 0 Å². The number of ether oxygens (including phenoxy) is 1. The molecule has 2 atom stereocenters. The molecule has 1 amide bonds. The third-order valence-electron chi connectivity index (χ3n) is 4.53. The van der Waals surface area contributed by atoms with Gasteiger partial charge in [0.2, 0.25) is 0 Å². The van der Waals surface area contributed by atoms with Gasteiger partial charge in [-0.2, -0.15) is 0 Å². The fourth-order valence-electron chi connectivity index (χ4n) is 3.08. The molecule has 3 heteroatoms. The Morgan fingerprint density at radius 1 is 1.00 bits per heavy atom. The van der Waals surface area contributed by atoms with Crippen molar-refractivity contribution in [3.05, 3.63) is 64.2 Å². The van der Waals surface area contributed by atoms with Crippen LogP contribution in [0.3, 0.4) is 0 Å². The average molecular weight is 339 g/mol. The van der Waals surface area contributed by atoms with Gasteiger partial charge in [0.25, 0.3) is 5.91 Å². The van der Waals surface area contributed by atoms with E-state index in [-0.39, 0.29) is 11.9 Å². The summed E-state index contributed by atoms with van der Waals surface area (Å²) in [5.74, 6) is 0.666. The molecule has 134 valence electrons. The van der Waals surface area contributed by atoms with Crippen LogP contribution in [0.2, 0.25) is 0 Å². The van der Waals surface area contributed by atoms with E-state index in [1.807, 2.05) is 26.0 Å². The van der Waals surface area contributed by atoms with Crippen molar-refractivity contribution in [2.75, 3.05) is 0 Å². The Morgan fingerprint density at radius 3 is 2.16 bits per heavy atom. The van der Waals surface area contributed by atoms with Crippen molar-refractivity contribution in [3.63, 3.8) is 0 Å². The molecule has 0 spiro atoms. The Bertz CT molecular complexity index is 752. The number of benzene rings is 2. The van der Waals surface area contributed by atoms with E-state index in [0.717, 1.165) is 17.7 Å². The normalized spacial score (nSPS) is 13.2. The first-order valence-electron chi connectivity index (χ1n) is 8.93. The largest absolute Gasteiger partial charge is 0.481 e. The zero-order valence-electron chi connectivity index (χ0n) is 16.1. The second-order valence-corrected chi connectivity index (χ2v) is 6.86. The van der Waals surface area contributed by atoms with Crippen LogP contribution in [-0.2, 0) is 4.79 Å². The van der Waals surface area contributed by atoms with E-state index in [9.17, 15) is 4.79 Å². The molecule has 0 radical (unpaired) electrons. The maximum atomic E-state index is 12.6. The summed E-state index contributed by atoms with van der Waals surface area (Å²) in [6.45, 7) is 12.1. The Balaban J connectivity index is 2.08. The zero-order chi connectivity index (χ0) is 18.6. The van der Waals surface area contributed by atoms with Gasteiger partial charge in [0.05, 0.1) is 6.04 Å². The molecule has 3 nitrogen and oxygen atoms in total. The highest BCUT2D eigenvalue weighted by Gasteiger charge is 2.20. The Hall–Kier alpha value is -2.29. The molecule has 2 rings (SSSR count). The molecule has 0 saturated carbocycles. The molecule has 0 saturated heterocycles. The summed E-state index contributed by atoms with van der Waals surface area (Å²) < 4.78 is 5.88. The van der Waals surface area contributed by atoms with E-state index in [1.165, 1.54) is 22.3 Å². The number of hydrogen-bond donors (Lipinski definition) is 1. The summed E-state index contributed by atoms with van der Waals surface area (Å²) in [4.78, 5) is 12.6. The smallest absolute Gasteiger partial charge is 0.261 e. The van der Waals surface area contributed by atoms with E-state index in [4.69, 9.17) is 4.74 Å². The van der Waals surface area contributed by atoms with Crippen molar-refractivity contribution < 1.29 is 9.53 Å². The van der Waals surface area contributed by atoms with E-state index in [2.05, 4.69) is 50.4 Å². The average Bonchev–Trinajstić information content (AvgIpc) is 2.55. The van der Waals surface area contributed by atoms with Gasteiger partial charge in [0.15, 0.2) is 6.10 Å². The van der Waals surface area contributed by atoms with Crippen LogP contribution in [0.5, 0.6) is 5.75 Å². The van der Waals surface area contributed by atoms with Gasteiger partial charge in [-0.15, -0.1) is 0 Å². The van der Waals surface area contributed by atoms with Crippen molar-refractivity contribution in [3.8, 4) is 5.75 Å².